The van der Waals surface area contributed by atoms with E-state index in [0.29, 0.717) is 24.0 Å². The smallest absolute Gasteiger partial charge is 0.223 e. The molecule has 0 bridgehead atoms. The number of nitrogens with one attached hydrogen (secondary N) is 2. The van der Waals surface area contributed by atoms with Crippen molar-refractivity contribution in [1.82, 2.24) is 30.6 Å². The minimum Gasteiger partial charge on any atom is -0.383 e. The molecular weight excluding hydrogens is 198 g/mol. The minimum absolute atomic E-state index is 0.116. The lowest BCUT2D eigenvalue weighted by molar-refractivity contribution is 0.881. The molecule has 2 aromatic heterocycles. The van der Waals surface area contributed by atoms with Gasteiger partial charge in [-0.3, -0.25) is 0 Å². The van der Waals surface area contributed by atoms with Gasteiger partial charge in [0.15, 0.2) is 5.82 Å². The normalized spacial score (nSPS) is 10.1. The molecule has 0 aromatic carbocycles. The number of H-pyrrole nitrogens is 1. The summed E-state index contributed by atoms with van der Waals surface area (Å²) in [4.78, 5) is 7.66. The fourth-order valence-electron chi connectivity index (χ4n) is 1.00. The monoisotopic (exact) mass is 207 g/mol. The molecule has 0 atom stereocenters. The predicted octanol–water partition coefficient (Wildman–Crippen LogP) is -1.23. The number of aromatic nitrogens is 6. The van der Waals surface area contributed by atoms with Crippen LogP contribution in [0.25, 0.3) is 0 Å². The van der Waals surface area contributed by atoms with E-state index in [1.54, 1.807) is 6.07 Å². The largest absolute Gasteiger partial charge is 0.383 e. The Hall–Kier alpha value is -2.45. The highest BCUT2D eigenvalue weighted by atomic mass is 15.5. The molecule has 0 saturated carbocycles. The summed E-state index contributed by atoms with van der Waals surface area (Å²) < 4.78 is 0. The molecule has 9 heteroatoms. The molecule has 0 spiro atoms. The Bertz CT molecular complexity index is 416. The van der Waals surface area contributed by atoms with E-state index < -0.39 is 0 Å². The Morgan fingerprint density at radius 3 is 2.87 bits per heavy atom. The molecule has 0 radical (unpaired) electrons. The Labute approximate surface area is 84.3 Å². The lowest BCUT2D eigenvalue weighted by Gasteiger charge is -2.03. The molecule has 0 amide bonds. The predicted molar refractivity (Wildman–Crippen MR) is 52.4 cm³/mol. The van der Waals surface area contributed by atoms with E-state index in [1.165, 1.54) is 0 Å². The number of rotatable bonds is 3. The molecule has 2 heterocycles. The highest BCUT2D eigenvalue weighted by Crippen LogP contribution is 2.09. The Morgan fingerprint density at radius 2 is 2.20 bits per heavy atom. The summed E-state index contributed by atoms with van der Waals surface area (Å²) in [5, 5.41) is 16.2. The van der Waals surface area contributed by atoms with Crippen LogP contribution in [0.4, 0.5) is 17.6 Å². The van der Waals surface area contributed by atoms with Gasteiger partial charge in [0.2, 0.25) is 5.95 Å². The molecular formula is C6H9N9. The third kappa shape index (κ3) is 2.27. The molecule has 0 aliphatic rings. The average molecular weight is 207 g/mol. The molecule has 15 heavy (non-hydrogen) atoms. The summed E-state index contributed by atoms with van der Waals surface area (Å²) in [6, 6.07) is 1.57. The van der Waals surface area contributed by atoms with Gasteiger partial charge in [0.1, 0.15) is 11.6 Å². The van der Waals surface area contributed by atoms with Crippen LogP contribution < -0.4 is 16.8 Å². The Kier molecular flexibility index (Phi) is 2.27. The van der Waals surface area contributed by atoms with Crippen molar-refractivity contribution >= 4 is 17.6 Å². The molecule has 0 unspecified atom stereocenters. The van der Waals surface area contributed by atoms with Crippen LogP contribution in [0.1, 0.15) is 5.82 Å². The van der Waals surface area contributed by atoms with Gasteiger partial charge >= 0.3 is 0 Å². The molecule has 0 saturated heterocycles. The first-order valence-corrected chi connectivity index (χ1v) is 4.10. The van der Waals surface area contributed by atoms with Crippen molar-refractivity contribution in [3.8, 4) is 0 Å². The van der Waals surface area contributed by atoms with Crippen molar-refractivity contribution in [2.24, 2.45) is 0 Å². The number of aromatic amines is 1. The van der Waals surface area contributed by atoms with Gasteiger partial charge in [-0.2, -0.15) is 15.2 Å². The van der Waals surface area contributed by atoms with Crippen LogP contribution in [0.15, 0.2) is 6.07 Å². The van der Waals surface area contributed by atoms with E-state index in [2.05, 4.69) is 35.9 Å². The van der Waals surface area contributed by atoms with E-state index in [0.717, 1.165) is 0 Å². The molecule has 9 nitrogen and oxygen atoms in total. The second-order valence-corrected chi connectivity index (χ2v) is 2.72. The third-order valence-electron chi connectivity index (χ3n) is 1.58. The number of nitrogen functional groups attached to an aromatic ring is 2. The van der Waals surface area contributed by atoms with Crippen molar-refractivity contribution in [3.63, 3.8) is 0 Å². The zero-order chi connectivity index (χ0) is 10.7. The van der Waals surface area contributed by atoms with Gasteiger partial charge in [0.05, 0.1) is 6.54 Å². The second kappa shape index (κ2) is 3.74. The number of nitrogens with two attached hydrogens (primary N) is 2. The van der Waals surface area contributed by atoms with Crippen LogP contribution in [0.5, 0.6) is 0 Å². The minimum atomic E-state index is 0.116. The van der Waals surface area contributed by atoms with E-state index in [9.17, 15) is 0 Å². The van der Waals surface area contributed by atoms with Gasteiger partial charge in [-0.15, -0.1) is 10.2 Å². The van der Waals surface area contributed by atoms with E-state index >= 15 is 0 Å². The highest BCUT2D eigenvalue weighted by Gasteiger charge is 2.01. The summed E-state index contributed by atoms with van der Waals surface area (Å²) in [6.45, 7) is 0.381. The summed E-state index contributed by atoms with van der Waals surface area (Å²) in [5.41, 5.74) is 10.9. The molecule has 2 aromatic rings. The van der Waals surface area contributed by atoms with Crippen molar-refractivity contribution in [2.45, 2.75) is 6.54 Å². The molecule has 6 N–H and O–H groups in total. The fourth-order valence-corrected chi connectivity index (χ4v) is 1.00. The number of nitrogens with zero attached hydrogens (tertiary/aromatic N) is 5. The van der Waals surface area contributed by atoms with Crippen molar-refractivity contribution in [2.75, 3.05) is 16.8 Å². The van der Waals surface area contributed by atoms with Gasteiger partial charge in [-0.05, 0) is 0 Å². The summed E-state index contributed by atoms with van der Waals surface area (Å²) >= 11 is 0. The van der Waals surface area contributed by atoms with Crippen LogP contribution in [0, 0.1) is 0 Å². The van der Waals surface area contributed by atoms with E-state index in [-0.39, 0.29) is 5.95 Å². The molecule has 2 rings (SSSR count). The first-order valence-electron chi connectivity index (χ1n) is 4.10. The van der Waals surface area contributed by atoms with Crippen molar-refractivity contribution in [1.29, 1.82) is 0 Å². The van der Waals surface area contributed by atoms with Gasteiger partial charge in [-0.25, -0.2) is 0 Å². The lowest BCUT2D eigenvalue weighted by atomic mass is 10.5. The van der Waals surface area contributed by atoms with E-state index in [4.69, 9.17) is 11.5 Å². The number of anilines is 3. The quantitative estimate of drug-likeness (QED) is 0.489. The SMILES string of the molecule is Nc1cc(NCc2nn[nH]n2)nc(N)n1. The lowest BCUT2D eigenvalue weighted by Crippen LogP contribution is -2.07. The van der Waals surface area contributed by atoms with Crippen LogP contribution in [0.2, 0.25) is 0 Å². The fraction of sp³-hybridized carbons (Fsp3) is 0.167. The first-order chi connectivity index (χ1) is 7.24. The van der Waals surface area contributed by atoms with Crippen molar-refractivity contribution < 1.29 is 0 Å². The summed E-state index contributed by atoms with van der Waals surface area (Å²) in [5.74, 6) is 1.46. The van der Waals surface area contributed by atoms with Crippen LogP contribution in [-0.2, 0) is 6.54 Å². The highest BCUT2D eigenvalue weighted by molar-refractivity contribution is 5.48. The zero-order valence-corrected chi connectivity index (χ0v) is 7.68. The van der Waals surface area contributed by atoms with Crippen molar-refractivity contribution in [3.05, 3.63) is 11.9 Å². The molecule has 0 fully saturated rings. The van der Waals surface area contributed by atoms with Crippen LogP contribution >= 0.6 is 0 Å². The van der Waals surface area contributed by atoms with Gasteiger partial charge < -0.3 is 16.8 Å². The molecule has 0 aliphatic carbocycles. The maximum atomic E-state index is 5.49. The number of hydrogen-bond donors (Lipinski definition) is 4. The first kappa shape index (κ1) is 9.12. The zero-order valence-electron chi connectivity index (χ0n) is 7.68. The second-order valence-electron chi connectivity index (χ2n) is 2.72. The third-order valence-corrected chi connectivity index (χ3v) is 1.58. The topological polar surface area (TPSA) is 144 Å². The standard InChI is InChI=1S/C6H9N9/c7-3-1-4(11-6(8)10-3)9-2-5-12-14-15-13-5/h1H,2H2,(H,12,13,14,15)(H5,7,8,9,10,11). The Morgan fingerprint density at radius 1 is 1.33 bits per heavy atom. The van der Waals surface area contributed by atoms with Gasteiger partial charge in [0, 0.05) is 6.07 Å². The van der Waals surface area contributed by atoms with Gasteiger partial charge in [-0.1, -0.05) is 5.21 Å². The molecule has 0 aliphatic heterocycles. The number of tetrazole rings is 1. The average Bonchev–Trinajstić information content (AvgIpc) is 2.65. The van der Waals surface area contributed by atoms with E-state index in [1.807, 2.05) is 0 Å². The van der Waals surface area contributed by atoms with Gasteiger partial charge in [0.25, 0.3) is 0 Å². The van der Waals surface area contributed by atoms with Crippen LogP contribution in [0.3, 0.4) is 0 Å². The molecule has 78 valence electrons. The maximum Gasteiger partial charge on any atom is 0.223 e. The van der Waals surface area contributed by atoms with Crippen LogP contribution in [-0.4, -0.2) is 30.6 Å². The summed E-state index contributed by atoms with van der Waals surface area (Å²) in [7, 11) is 0. The maximum absolute atomic E-state index is 5.49. The Balaban J connectivity index is 2.05. The summed E-state index contributed by atoms with van der Waals surface area (Å²) in [6.07, 6.45) is 0. The number of hydrogen-bond acceptors (Lipinski definition) is 8.